The number of carbonyl (C=O) groups is 3. The van der Waals surface area contributed by atoms with Crippen molar-refractivity contribution in [3.05, 3.63) is 72.9 Å². The summed E-state index contributed by atoms with van der Waals surface area (Å²) in [4.78, 5) is 46.4. The van der Waals surface area contributed by atoms with Gasteiger partial charge in [-0.15, -0.1) is 0 Å². The lowest BCUT2D eigenvalue weighted by atomic mass is 10.1. The van der Waals surface area contributed by atoms with Crippen LogP contribution in [-0.2, 0) is 37.5 Å². The van der Waals surface area contributed by atoms with Crippen LogP contribution in [0.4, 0.5) is 0 Å². The van der Waals surface area contributed by atoms with Crippen molar-refractivity contribution < 1.29 is 42.4 Å². The van der Waals surface area contributed by atoms with Crippen LogP contribution in [0, 0.1) is 0 Å². The third-order valence-corrected chi connectivity index (χ3v) is 8.54. The maximum Gasteiger partial charge on any atom is 0.472 e. The Morgan fingerprint density at radius 3 is 1.92 bits per heavy atom. The number of ketones is 1. The maximum atomic E-state index is 12.5. The van der Waals surface area contributed by atoms with Gasteiger partial charge >= 0.3 is 19.8 Å². The second-order valence-corrected chi connectivity index (χ2v) is 13.9. The first-order chi connectivity index (χ1) is 25.2. The van der Waals surface area contributed by atoms with E-state index in [0.29, 0.717) is 19.3 Å². The molecule has 52 heavy (non-hydrogen) atoms. The number of nitrogens with two attached hydrogens (primary N) is 1. The molecule has 0 aliphatic carbocycles. The number of esters is 2. The third kappa shape index (κ3) is 35.5. The lowest BCUT2D eigenvalue weighted by Crippen LogP contribution is -2.29. The van der Waals surface area contributed by atoms with Crippen LogP contribution in [0.25, 0.3) is 0 Å². The van der Waals surface area contributed by atoms with Crippen molar-refractivity contribution in [2.75, 3.05) is 26.4 Å². The van der Waals surface area contributed by atoms with Gasteiger partial charge in [0, 0.05) is 25.8 Å². The highest BCUT2D eigenvalue weighted by Gasteiger charge is 2.25. The number of hydrogen-bond donors (Lipinski definition) is 2. The SMILES string of the molecule is CC/C=C\C/C=C\C/C=C\C/C=C\CCCCC(=O)O[C@H](COC(=O)CCCCCCC/C=C\C=C\C(=O)CCCCC)COP(=O)(O)OCCN. The maximum absolute atomic E-state index is 12.5. The Kier molecular flexibility index (Phi) is 34.5. The molecule has 0 saturated heterocycles. The molecule has 0 fully saturated rings. The molecule has 0 bridgehead atoms. The summed E-state index contributed by atoms with van der Waals surface area (Å²) >= 11 is 0. The lowest BCUT2D eigenvalue weighted by molar-refractivity contribution is -0.161. The molecule has 0 aliphatic heterocycles. The minimum absolute atomic E-state index is 0.0297. The fourth-order valence-electron chi connectivity index (χ4n) is 4.66. The molecule has 0 aliphatic rings. The van der Waals surface area contributed by atoms with E-state index in [0.717, 1.165) is 89.9 Å². The molecule has 0 rings (SSSR count). The number of unbranched alkanes of at least 4 members (excludes halogenated alkanes) is 9. The van der Waals surface area contributed by atoms with E-state index < -0.39 is 32.5 Å². The molecule has 10 nitrogen and oxygen atoms in total. The van der Waals surface area contributed by atoms with Crippen molar-refractivity contribution in [2.24, 2.45) is 5.73 Å². The average Bonchev–Trinajstić information content (AvgIpc) is 3.12. The molecular weight excluding hydrogens is 681 g/mol. The van der Waals surface area contributed by atoms with Crippen molar-refractivity contribution in [3.63, 3.8) is 0 Å². The summed E-state index contributed by atoms with van der Waals surface area (Å²) in [6, 6.07) is 0. The van der Waals surface area contributed by atoms with Crippen molar-refractivity contribution >= 4 is 25.5 Å². The standard InChI is InChI=1S/C41H68NO9P/c1-3-5-7-8-9-10-11-12-13-14-15-18-22-25-29-33-41(45)51-39(37-50-52(46,47)49-35-34-42)36-48-40(44)32-28-24-21-19-16-17-20-23-27-31-38(43)30-26-6-4-2/h5,7,9-10,12-13,15,18,20,23,27,31,39H,3-4,6,8,11,14,16-17,19,21-22,24-26,28-30,32-37,42H2,1-2H3,(H,46,47)/b7-5-,10-9-,13-12-,18-15-,23-20-,31-27+/t39-/m1/s1. The predicted octanol–water partition coefficient (Wildman–Crippen LogP) is 9.89. The second kappa shape index (κ2) is 36.5. The van der Waals surface area contributed by atoms with Crippen LogP contribution in [0.3, 0.4) is 0 Å². The third-order valence-electron chi connectivity index (χ3n) is 7.55. The minimum atomic E-state index is -4.41. The van der Waals surface area contributed by atoms with Crippen LogP contribution in [0.5, 0.6) is 0 Å². The van der Waals surface area contributed by atoms with Crippen molar-refractivity contribution in [1.29, 1.82) is 0 Å². The van der Waals surface area contributed by atoms with Gasteiger partial charge in [-0.1, -0.05) is 113 Å². The summed E-state index contributed by atoms with van der Waals surface area (Å²) in [5, 5.41) is 0. The molecule has 11 heteroatoms. The van der Waals surface area contributed by atoms with E-state index in [9.17, 15) is 23.8 Å². The number of phosphoric ester groups is 1. The Balaban J connectivity index is 4.37. The molecule has 0 spiro atoms. The van der Waals surface area contributed by atoms with Crippen molar-refractivity contribution in [2.45, 2.75) is 142 Å². The van der Waals surface area contributed by atoms with E-state index in [-0.39, 0.29) is 38.4 Å². The molecule has 0 saturated carbocycles. The zero-order chi connectivity index (χ0) is 38.4. The van der Waals surface area contributed by atoms with E-state index in [4.69, 9.17) is 24.3 Å². The summed E-state index contributed by atoms with van der Waals surface area (Å²) in [5.41, 5.74) is 5.32. The van der Waals surface area contributed by atoms with Gasteiger partial charge in [0.05, 0.1) is 13.2 Å². The van der Waals surface area contributed by atoms with Gasteiger partial charge in [0.1, 0.15) is 6.61 Å². The van der Waals surface area contributed by atoms with Crippen molar-refractivity contribution in [3.8, 4) is 0 Å². The van der Waals surface area contributed by atoms with Crippen LogP contribution >= 0.6 is 7.82 Å². The first kappa shape index (κ1) is 49.1. The summed E-state index contributed by atoms with van der Waals surface area (Å²) < 4.78 is 32.6. The molecule has 1 unspecified atom stereocenters. The van der Waals surface area contributed by atoms with E-state index in [2.05, 4.69) is 68.5 Å². The monoisotopic (exact) mass is 749 g/mol. The van der Waals surface area contributed by atoms with Gasteiger partial charge in [-0.05, 0) is 76.7 Å². The fourth-order valence-corrected chi connectivity index (χ4v) is 5.43. The second-order valence-electron chi connectivity index (χ2n) is 12.4. The molecule has 0 heterocycles. The van der Waals surface area contributed by atoms with E-state index in [1.807, 2.05) is 12.2 Å². The normalized spacial score (nSPS) is 14.1. The highest BCUT2D eigenvalue weighted by molar-refractivity contribution is 7.47. The molecule has 3 N–H and O–H groups in total. The van der Waals surface area contributed by atoms with Gasteiger partial charge in [-0.3, -0.25) is 23.4 Å². The number of ether oxygens (including phenoxy) is 2. The number of carbonyl (C=O) groups excluding carboxylic acids is 3. The summed E-state index contributed by atoms with van der Waals surface area (Å²) in [6.07, 6.45) is 39.2. The minimum Gasteiger partial charge on any atom is -0.462 e. The Labute approximate surface area is 314 Å². The summed E-state index contributed by atoms with van der Waals surface area (Å²) in [7, 11) is -4.41. The average molecular weight is 750 g/mol. The highest BCUT2D eigenvalue weighted by Crippen LogP contribution is 2.43. The fraction of sp³-hybridized carbons (Fsp3) is 0.634. The van der Waals surface area contributed by atoms with E-state index >= 15 is 0 Å². The van der Waals surface area contributed by atoms with E-state index in [1.54, 1.807) is 6.08 Å². The molecule has 2 atom stereocenters. The largest absolute Gasteiger partial charge is 0.472 e. The number of rotatable bonds is 35. The lowest BCUT2D eigenvalue weighted by Gasteiger charge is -2.19. The van der Waals surface area contributed by atoms with Gasteiger partial charge in [0.2, 0.25) is 0 Å². The first-order valence-corrected chi connectivity index (χ1v) is 20.9. The smallest absolute Gasteiger partial charge is 0.462 e. The zero-order valence-electron chi connectivity index (χ0n) is 32.0. The molecular formula is C41H68NO9P. The Hall–Kier alpha value is -2.88. The predicted molar refractivity (Wildman–Crippen MR) is 211 cm³/mol. The van der Waals surface area contributed by atoms with Crippen LogP contribution in [0.15, 0.2) is 72.9 Å². The van der Waals surface area contributed by atoms with Gasteiger partial charge < -0.3 is 20.1 Å². The molecule has 0 aromatic rings. The number of phosphoric acid groups is 1. The van der Waals surface area contributed by atoms with E-state index in [1.165, 1.54) is 0 Å². The quantitative estimate of drug-likeness (QED) is 0.0160. The molecule has 0 radical (unpaired) electrons. The van der Waals surface area contributed by atoms with Crippen LogP contribution in [-0.4, -0.2) is 55.1 Å². The van der Waals surface area contributed by atoms with Gasteiger partial charge in [0.15, 0.2) is 11.9 Å². The Morgan fingerprint density at radius 2 is 1.23 bits per heavy atom. The van der Waals surface area contributed by atoms with Crippen LogP contribution < -0.4 is 5.73 Å². The Morgan fingerprint density at radius 1 is 0.654 bits per heavy atom. The Bertz CT molecular complexity index is 1140. The molecule has 0 aromatic carbocycles. The van der Waals surface area contributed by atoms with Crippen LogP contribution in [0.1, 0.15) is 136 Å². The highest BCUT2D eigenvalue weighted by atomic mass is 31.2. The van der Waals surface area contributed by atoms with Crippen LogP contribution in [0.2, 0.25) is 0 Å². The molecule has 296 valence electrons. The molecule has 0 amide bonds. The number of hydrogen-bond acceptors (Lipinski definition) is 9. The topological polar surface area (TPSA) is 151 Å². The van der Waals surface area contributed by atoms with Gasteiger partial charge in [0.25, 0.3) is 0 Å². The zero-order valence-corrected chi connectivity index (χ0v) is 32.9. The first-order valence-electron chi connectivity index (χ1n) is 19.4. The summed E-state index contributed by atoms with van der Waals surface area (Å²) in [6.45, 7) is 3.32. The molecule has 0 aromatic heterocycles. The van der Waals surface area contributed by atoms with Gasteiger partial charge in [-0.25, -0.2) is 4.57 Å². The van der Waals surface area contributed by atoms with Crippen molar-refractivity contribution in [1.82, 2.24) is 0 Å². The van der Waals surface area contributed by atoms with Gasteiger partial charge in [-0.2, -0.15) is 0 Å². The summed E-state index contributed by atoms with van der Waals surface area (Å²) in [5.74, 6) is -0.776. The number of allylic oxidation sites excluding steroid dienone is 12.